The second-order valence-corrected chi connectivity index (χ2v) is 5.36. The molecule has 1 unspecified atom stereocenters. The van der Waals surface area contributed by atoms with Crippen molar-refractivity contribution in [2.24, 2.45) is 5.92 Å². The standard InChI is InChI=1S/C13H15ClFN/c14-10-5-9-6-12(8-3-1-2-4-8)16-13(9)11(15)7-10/h5,7-8,12,16H,1-4,6H2. The van der Waals surface area contributed by atoms with Gasteiger partial charge in [-0.05, 0) is 42.9 Å². The highest BCUT2D eigenvalue weighted by Crippen LogP contribution is 2.38. The van der Waals surface area contributed by atoms with Gasteiger partial charge in [0, 0.05) is 11.1 Å². The second kappa shape index (κ2) is 3.92. The molecule has 3 rings (SSSR count). The predicted octanol–water partition coefficient (Wildman–Crippen LogP) is 4.01. The van der Waals surface area contributed by atoms with E-state index in [0.717, 1.165) is 12.0 Å². The van der Waals surface area contributed by atoms with E-state index in [-0.39, 0.29) is 5.82 Å². The molecule has 0 spiro atoms. The summed E-state index contributed by atoms with van der Waals surface area (Å²) in [5, 5.41) is 3.84. The van der Waals surface area contributed by atoms with Gasteiger partial charge in [-0.15, -0.1) is 0 Å². The van der Waals surface area contributed by atoms with E-state index < -0.39 is 0 Å². The van der Waals surface area contributed by atoms with Crippen molar-refractivity contribution in [3.05, 3.63) is 28.5 Å². The molecule has 16 heavy (non-hydrogen) atoms. The van der Waals surface area contributed by atoms with Gasteiger partial charge in [0.1, 0.15) is 5.82 Å². The number of anilines is 1. The molecule has 0 bridgehead atoms. The third-order valence-electron chi connectivity index (χ3n) is 3.88. The van der Waals surface area contributed by atoms with Crippen molar-refractivity contribution in [1.82, 2.24) is 0 Å². The minimum Gasteiger partial charge on any atom is -0.379 e. The first-order valence-electron chi connectivity index (χ1n) is 5.98. The fourth-order valence-electron chi connectivity index (χ4n) is 3.07. The van der Waals surface area contributed by atoms with Crippen LogP contribution in [0, 0.1) is 11.7 Å². The van der Waals surface area contributed by atoms with Crippen molar-refractivity contribution in [1.29, 1.82) is 0 Å². The van der Waals surface area contributed by atoms with Gasteiger partial charge >= 0.3 is 0 Å². The van der Waals surface area contributed by atoms with Gasteiger partial charge in [-0.3, -0.25) is 0 Å². The van der Waals surface area contributed by atoms with Gasteiger partial charge in [0.05, 0.1) is 5.69 Å². The summed E-state index contributed by atoms with van der Waals surface area (Å²) in [6.07, 6.45) is 6.13. The lowest BCUT2D eigenvalue weighted by molar-refractivity contribution is 0.465. The van der Waals surface area contributed by atoms with Crippen LogP contribution in [0.4, 0.5) is 10.1 Å². The molecule has 1 fully saturated rings. The Morgan fingerprint density at radius 2 is 2.00 bits per heavy atom. The molecule has 1 aromatic rings. The summed E-state index contributed by atoms with van der Waals surface area (Å²) >= 11 is 5.87. The molecule has 2 aliphatic rings. The molecule has 1 aromatic carbocycles. The molecule has 1 aliphatic heterocycles. The van der Waals surface area contributed by atoms with E-state index in [1.165, 1.54) is 31.7 Å². The van der Waals surface area contributed by atoms with E-state index in [9.17, 15) is 4.39 Å². The Kier molecular flexibility index (Phi) is 2.55. The first-order valence-corrected chi connectivity index (χ1v) is 6.36. The van der Waals surface area contributed by atoms with Crippen molar-refractivity contribution in [3.63, 3.8) is 0 Å². The molecule has 1 aliphatic carbocycles. The normalized spacial score (nSPS) is 24.5. The van der Waals surface area contributed by atoms with Crippen LogP contribution >= 0.6 is 11.6 Å². The molecule has 1 saturated carbocycles. The number of fused-ring (bicyclic) bond motifs is 1. The number of halogens is 2. The van der Waals surface area contributed by atoms with Gasteiger partial charge < -0.3 is 5.32 Å². The van der Waals surface area contributed by atoms with Crippen molar-refractivity contribution in [3.8, 4) is 0 Å². The summed E-state index contributed by atoms with van der Waals surface area (Å²) in [7, 11) is 0. The maximum absolute atomic E-state index is 13.7. The van der Waals surface area contributed by atoms with Gasteiger partial charge in [-0.25, -0.2) is 4.39 Å². The summed E-state index contributed by atoms with van der Waals surface area (Å²) in [5.41, 5.74) is 1.73. The Hall–Kier alpha value is -0.760. The first-order chi connectivity index (χ1) is 7.74. The molecule has 1 heterocycles. The topological polar surface area (TPSA) is 12.0 Å². The van der Waals surface area contributed by atoms with E-state index in [2.05, 4.69) is 5.32 Å². The molecule has 3 heteroatoms. The molecule has 1 nitrogen and oxygen atoms in total. The van der Waals surface area contributed by atoms with Crippen molar-refractivity contribution in [2.45, 2.75) is 38.1 Å². The van der Waals surface area contributed by atoms with Crippen LogP contribution in [0.1, 0.15) is 31.2 Å². The lowest BCUT2D eigenvalue weighted by Crippen LogP contribution is -2.24. The van der Waals surface area contributed by atoms with Gasteiger partial charge in [0.15, 0.2) is 0 Å². The fourth-order valence-corrected chi connectivity index (χ4v) is 3.29. The summed E-state index contributed by atoms with van der Waals surface area (Å²) in [6, 6.07) is 3.71. The van der Waals surface area contributed by atoms with Crippen LogP contribution in [0.15, 0.2) is 12.1 Å². The maximum atomic E-state index is 13.7. The van der Waals surface area contributed by atoms with Crippen LogP contribution in [0.25, 0.3) is 0 Å². The third-order valence-corrected chi connectivity index (χ3v) is 4.09. The molecule has 1 N–H and O–H groups in total. The number of rotatable bonds is 1. The van der Waals surface area contributed by atoms with E-state index >= 15 is 0 Å². The smallest absolute Gasteiger partial charge is 0.148 e. The third kappa shape index (κ3) is 1.69. The Morgan fingerprint density at radius 3 is 2.75 bits per heavy atom. The molecule has 0 radical (unpaired) electrons. The van der Waals surface area contributed by atoms with Gasteiger partial charge in [-0.1, -0.05) is 24.4 Å². The Morgan fingerprint density at radius 1 is 1.25 bits per heavy atom. The number of benzene rings is 1. The van der Waals surface area contributed by atoms with Gasteiger partial charge in [-0.2, -0.15) is 0 Å². The van der Waals surface area contributed by atoms with Gasteiger partial charge in [0.2, 0.25) is 0 Å². The van der Waals surface area contributed by atoms with Crippen LogP contribution in [0.2, 0.25) is 5.02 Å². The Bertz CT molecular complexity index is 413. The first kappa shape index (κ1) is 10.4. The lowest BCUT2D eigenvalue weighted by Gasteiger charge is -2.18. The fraction of sp³-hybridized carbons (Fsp3) is 0.538. The van der Waals surface area contributed by atoms with Crippen LogP contribution in [0.3, 0.4) is 0 Å². The second-order valence-electron chi connectivity index (χ2n) is 4.92. The summed E-state index contributed by atoms with van der Waals surface area (Å²) in [5.74, 6) is 0.508. The predicted molar refractivity (Wildman–Crippen MR) is 64.5 cm³/mol. The summed E-state index contributed by atoms with van der Waals surface area (Å²) in [4.78, 5) is 0. The average molecular weight is 240 g/mol. The SMILES string of the molecule is Fc1cc(Cl)cc2c1NC(C1CCCC1)C2. The molecule has 0 saturated heterocycles. The highest BCUT2D eigenvalue weighted by atomic mass is 35.5. The average Bonchev–Trinajstić information content (AvgIpc) is 2.82. The largest absolute Gasteiger partial charge is 0.379 e. The molecule has 1 atom stereocenters. The molecular formula is C13H15ClFN. The van der Waals surface area contributed by atoms with Crippen LogP contribution in [-0.2, 0) is 6.42 Å². The number of hydrogen-bond donors (Lipinski definition) is 1. The molecule has 0 aromatic heterocycles. The highest BCUT2D eigenvalue weighted by Gasteiger charge is 2.31. The Balaban J connectivity index is 1.85. The molecule has 0 amide bonds. The monoisotopic (exact) mass is 239 g/mol. The van der Waals surface area contributed by atoms with Crippen molar-refractivity contribution in [2.75, 3.05) is 5.32 Å². The van der Waals surface area contributed by atoms with Crippen LogP contribution in [0.5, 0.6) is 0 Å². The quantitative estimate of drug-likeness (QED) is 0.781. The highest BCUT2D eigenvalue weighted by molar-refractivity contribution is 6.30. The zero-order valence-corrected chi connectivity index (χ0v) is 9.86. The summed E-state index contributed by atoms with van der Waals surface area (Å²) in [6.45, 7) is 0. The van der Waals surface area contributed by atoms with Gasteiger partial charge in [0.25, 0.3) is 0 Å². The number of hydrogen-bond acceptors (Lipinski definition) is 1. The van der Waals surface area contributed by atoms with E-state index in [0.29, 0.717) is 22.7 Å². The lowest BCUT2D eigenvalue weighted by atomic mass is 9.95. The maximum Gasteiger partial charge on any atom is 0.148 e. The zero-order valence-electron chi connectivity index (χ0n) is 9.10. The molecule has 86 valence electrons. The minimum absolute atomic E-state index is 0.206. The molecular weight excluding hydrogens is 225 g/mol. The Labute approximate surface area is 100.0 Å². The van der Waals surface area contributed by atoms with E-state index in [1.54, 1.807) is 0 Å². The van der Waals surface area contributed by atoms with Crippen LogP contribution < -0.4 is 5.32 Å². The minimum atomic E-state index is -0.206. The van der Waals surface area contributed by atoms with Crippen molar-refractivity contribution >= 4 is 17.3 Å². The number of nitrogens with one attached hydrogen (secondary N) is 1. The van der Waals surface area contributed by atoms with Crippen molar-refractivity contribution < 1.29 is 4.39 Å². The van der Waals surface area contributed by atoms with E-state index in [4.69, 9.17) is 11.6 Å². The zero-order chi connectivity index (χ0) is 11.1. The van der Waals surface area contributed by atoms with E-state index in [1.807, 2.05) is 6.07 Å². The summed E-state index contributed by atoms with van der Waals surface area (Å²) < 4.78 is 13.7. The van der Waals surface area contributed by atoms with Crippen LogP contribution in [-0.4, -0.2) is 6.04 Å².